The molecule has 38 heavy (non-hydrogen) atoms. The van der Waals surface area contributed by atoms with E-state index in [-0.39, 0.29) is 29.6 Å². The van der Waals surface area contributed by atoms with E-state index in [9.17, 15) is 14.4 Å². The first kappa shape index (κ1) is 25.9. The van der Waals surface area contributed by atoms with Crippen LogP contribution in [0.3, 0.4) is 0 Å². The number of hydrogen-bond donors (Lipinski definition) is 1. The quantitative estimate of drug-likeness (QED) is 0.641. The van der Waals surface area contributed by atoms with Gasteiger partial charge in [0.2, 0.25) is 17.7 Å². The lowest BCUT2D eigenvalue weighted by molar-refractivity contribution is -0.161. The average molecular weight is 516 g/mol. The Morgan fingerprint density at radius 3 is 2.42 bits per heavy atom. The maximum Gasteiger partial charge on any atom is 0.249 e. The molecule has 4 atom stereocenters. The van der Waals surface area contributed by atoms with Crippen LogP contribution in [-0.4, -0.2) is 67.0 Å². The van der Waals surface area contributed by atoms with Crippen molar-refractivity contribution >= 4 is 29.6 Å². The van der Waals surface area contributed by atoms with Gasteiger partial charge in [0.15, 0.2) is 0 Å². The number of carbonyl (C=O) groups excluding carboxylic acids is 3. The SMILES string of the molecule is CC[C@H](C)[C@@H]1C(=O)NC(C2Cc3ccccc3C2)C(=O)N1[C@@H](C(=O)N(C)C)c1ccc2c(c1)CC=NN2C. The molecule has 3 aliphatic rings. The number of amides is 3. The van der Waals surface area contributed by atoms with Crippen LogP contribution in [0.4, 0.5) is 5.69 Å². The van der Waals surface area contributed by atoms with Gasteiger partial charge in [0.25, 0.3) is 0 Å². The van der Waals surface area contributed by atoms with Crippen LogP contribution in [-0.2, 0) is 33.6 Å². The minimum Gasteiger partial charge on any atom is -0.347 e. The van der Waals surface area contributed by atoms with E-state index in [1.54, 1.807) is 24.0 Å². The Bertz CT molecular complexity index is 1260. The zero-order chi connectivity index (χ0) is 27.1. The number of likely N-dealkylation sites (N-methyl/N-ethyl adjacent to an activating group) is 1. The average Bonchev–Trinajstić information content (AvgIpc) is 3.34. The molecule has 1 N–H and O–H groups in total. The van der Waals surface area contributed by atoms with E-state index in [4.69, 9.17) is 0 Å². The second-order valence-electron chi connectivity index (χ2n) is 11.0. The number of carbonyl (C=O) groups is 3. The van der Waals surface area contributed by atoms with Gasteiger partial charge in [-0.05, 0) is 53.0 Å². The fourth-order valence-electron chi connectivity index (χ4n) is 6.16. The molecule has 5 rings (SSSR count). The van der Waals surface area contributed by atoms with E-state index in [0.29, 0.717) is 12.8 Å². The van der Waals surface area contributed by atoms with Crippen LogP contribution in [0.25, 0.3) is 0 Å². The summed E-state index contributed by atoms with van der Waals surface area (Å²) in [6.07, 6.45) is 4.64. The van der Waals surface area contributed by atoms with Crippen molar-refractivity contribution in [2.45, 2.75) is 57.7 Å². The summed E-state index contributed by atoms with van der Waals surface area (Å²) in [4.78, 5) is 45.2. The topological polar surface area (TPSA) is 85.3 Å². The Hall–Kier alpha value is -3.68. The first-order valence-corrected chi connectivity index (χ1v) is 13.5. The van der Waals surface area contributed by atoms with Crippen LogP contribution in [0.2, 0.25) is 0 Å². The van der Waals surface area contributed by atoms with Crippen LogP contribution < -0.4 is 10.3 Å². The van der Waals surface area contributed by atoms with E-state index < -0.39 is 18.1 Å². The summed E-state index contributed by atoms with van der Waals surface area (Å²) in [5.74, 6) is -0.736. The molecule has 2 aromatic rings. The minimum absolute atomic E-state index is 0.0484. The summed E-state index contributed by atoms with van der Waals surface area (Å²) in [6.45, 7) is 3.99. The molecule has 2 aromatic carbocycles. The van der Waals surface area contributed by atoms with Crippen LogP contribution in [0.5, 0.6) is 0 Å². The second-order valence-corrected chi connectivity index (χ2v) is 11.0. The molecule has 1 saturated heterocycles. The van der Waals surface area contributed by atoms with Gasteiger partial charge >= 0.3 is 0 Å². The first-order valence-electron chi connectivity index (χ1n) is 13.5. The van der Waals surface area contributed by atoms with Crippen molar-refractivity contribution in [1.82, 2.24) is 15.1 Å². The Morgan fingerprint density at radius 1 is 1.11 bits per heavy atom. The van der Waals surface area contributed by atoms with Gasteiger partial charge in [-0.25, -0.2) is 0 Å². The van der Waals surface area contributed by atoms with Crippen LogP contribution in [0.15, 0.2) is 47.6 Å². The number of fused-ring (bicyclic) bond motifs is 2. The lowest BCUT2D eigenvalue weighted by Gasteiger charge is -2.46. The molecule has 2 aliphatic heterocycles. The molecule has 0 aromatic heterocycles. The lowest BCUT2D eigenvalue weighted by atomic mass is 9.85. The summed E-state index contributed by atoms with van der Waals surface area (Å²) < 4.78 is 0. The molecular formula is C30H37N5O3. The van der Waals surface area contributed by atoms with Gasteiger partial charge in [-0.2, -0.15) is 5.10 Å². The van der Waals surface area contributed by atoms with E-state index >= 15 is 0 Å². The Kier molecular flexibility index (Phi) is 6.99. The predicted molar refractivity (Wildman–Crippen MR) is 148 cm³/mol. The van der Waals surface area contributed by atoms with Crippen molar-refractivity contribution in [1.29, 1.82) is 0 Å². The predicted octanol–water partition coefficient (Wildman–Crippen LogP) is 2.95. The van der Waals surface area contributed by atoms with E-state index in [0.717, 1.165) is 29.7 Å². The number of benzene rings is 2. The fourth-order valence-corrected chi connectivity index (χ4v) is 6.16. The van der Waals surface area contributed by atoms with Gasteiger partial charge in [-0.15, -0.1) is 0 Å². The summed E-state index contributed by atoms with van der Waals surface area (Å²) in [5.41, 5.74) is 5.16. The highest BCUT2D eigenvalue weighted by Crippen LogP contribution is 2.37. The Morgan fingerprint density at radius 2 is 1.79 bits per heavy atom. The highest BCUT2D eigenvalue weighted by atomic mass is 16.2. The Labute approximate surface area is 224 Å². The van der Waals surface area contributed by atoms with Gasteiger partial charge in [-0.1, -0.05) is 56.7 Å². The zero-order valence-corrected chi connectivity index (χ0v) is 22.8. The molecule has 0 spiro atoms. The second kappa shape index (κ2) is 10.2. The van der Waals surface area contributed by atoms with Crippen molar-refractivity contribution in [3.05, 3.63) is 64.7 Å². The molecule has 0 bridgehead atoms. The molecule has 1 fully saturated rings. The minimum atomic E-state index is -0.900. The smallest absolute Gasteiger partial charge is 0.249 e. The third kappa shape index (κ3) is 4.46. The highest BCUT2D eigenvalue weighted by molar-refractivity contribution is 6.00. The largest absolute Gasteiger partial charge is 0.347 e. The van der Waals surface area contributed by atoms with E-state index in [2.05, 4.69) is 22.6 Å². The molecule has 1 unspecified atom stereocenters. The zero-order valence-electron chi connectivity index (χ0n) is 22.8. The van der Waals surface area contributed by atoms with Gasteiger partial charge < -0.3 is 15.1 Å². The highest BCUT2D eigenvalue weighted by Gasteiger charge is 2.51. The molecule has 8 heteroatoms. The van der Waals surface area contributed by atoms with Crippen molar-refractivity contribution < 1.29 is 14.4 Å². The monoisotopic (exact) mass is 515 g/mol. The molecule has 1 aliphatic carbocycles. The fraction of sp³-hybridized carbons (Fsp3) is 0.467. The van der Waals surface area contributed by atoms with Crippen LogP contribution in [0.1, 0.15) is 48.6 Å². The lowest BCUT2D eigenvalue weighted by Crippen LogP contribution is -2.68. The summed E-state index contributed by atoms with van der Waals surface area (Å²) in [5, 5.41) is 9.25. The molecule has 0 saturated carbocycles. The Balaban J connectivity index is 1.58. The third-order valence-electron chi connectivity index (χ3n) is 8.41. The van der Waals surface area contributed by atoms with Crippen LogP contribution in [0, 0.1) is 11.8 Å². The van der Waals surface area contributed by atoms with Crippen molar-refractivity contribution in [2.24, 2.45) is 16.9 Å². The van der Waals surface area contributed by atoms with E-state index in [1.807, 2.05) is 57.4 Å². The first-order chi connectivity index (χ1) is 18.2. The number of rotatable bonds is 6. The van der Waals surface area contributed by atoms with Crippen molar-refractivity contribution in [2.75, 3.05) is 26.2 Å². The van der Waals surface area contributed by atoms with E-state index in [1.165, 1.54) is 16.0 Å². The molecule has 2 heterocycles. The maximum absolute atomic E-state index is 14.4. The molecule has 3 amide bonds. The van der Waals surface area contributed by atoms with Gasteiger partial charge in [0.1, 0.15) is 18.1 Å². The number of anilines is 1. The number of nitrogens with one attached hydrogen (secondary N) is 1. The molecule has 200 valence electrons. The summed E-state index contributed by atoms with van der Waals surface area (Å²) >= 11 is 0. The van der Waals surface area contributed by atoms with Crippen molar-refractivity contribution in [3.63, 3.8) is 0 Å². The summed E-state index contributed by atoms with van der Waals surface area (Å²) in [7, 11) is 5.29. The van der Waals surface area contributed by atoms with Gasteiger partial charge in [0.05, 0.1) is 5.69 Å². The maximum atomic E-state index is 14.4. The van der Waals surface area contributed by atoms with Crippen LogP contribution >= 0.6 is 0 Å². The van der Waals surface area contributed by atoms with Crippen molar-refractivity contribution in [3.8, 4) is 0 Å². The standard InChI is InChI=1S/C30H37N5O3/c1-6-18(2)26-28(36)32-25(23-15-19-9-7-8-10-20(19)16-23)29(37)35(26)27(30(38)33(3)4)22-11-12-24-21(17-22)13-14-31-34(24)5/h7-12,14,17-18,23,25-27H,6,13,15-16H2,1-5H3,(H,32,36)/t18-,25?,26+,27+/m0/s1. The number of hydrogen-bond acceptors (Lipinski definition) is 5. The molecule has 0 radical (unpaired) electrons. The normalized spacial score (nSPS) is 22.6. The molecular weight excluding hydrogens is 478 g/mol. The molecule has 8 nitrogen and oxygen atoms in total. The van der Waals surface area contributed by atoms with Gasteiger partial charge in [0, 0.05) is 33.8 Å². The third-order valence-corrected chi connectivity index (χ3v) is 8.41. The number of hydrazone groups is 1. The number of nitrogens with zero attached hydrogens (tertiary/aromatic N) is 4. The summed E-state index contributed by atoms with van der Waals surface area (Å²) in [6, 6.07) is 11.7. The number of piperazine rings is 1. The van der Waals surface area contributed by atoms with Gasteiger partial charge in [-0.3, -0.25) is 19.4 Å².